The Bertz CT molecular complexity index is 757. The Morgan fingerprint density at radius 3 is 2.60 bits per heavy atom. The maximum absolute atomic E-state index is 12.5. The normalized spacial score (nSPS) is 15.1. The van der Waals surface area contributed by atoms with E-state index in [0.29, 0.717) is 17.9 Å². The van der Waals surface area contributed by atoms with Crippen molar-refractivity contribution in [2.24, 2.45) is 20.0 Å². The van der Waals surface area contributed by atoms with E-state index in [4.69, 9.17) is 0 Å². The molecule has 2 amide bonds. The number of hydrogen-bond donors (Lipinski definition) is 2. The second-order valence-corrected chi connectivity index (χ2v) is 6.56. The van der Waals surface area contributed by atoms with Crippen LogP contribution in [0.2, 0.25) is 0 Å². The molecule has 1 aliphatic carbocycles. The van der Waals surface area contributed by atoms with Crippen molar-refractivity contribution in [3.8, 4) is 0 Å². The van der Waals surface area contributed by atoms with Crippen molar-refractivity contribution in [2.45, 2.75) is 38.6 Å². The Hall–Kier alpha value is -2.64. The fraction of sp³-hybridized carbons (Fsp3) is 0.529. The van der Waals surface area contributed by atoms with Crippen molar-refractivity contribution in [1.82, 2.24) is 24.9 Å². The minimum absolute atomic E-state index is 0.0194. The molecule has 2 aromatic heterocycles. The zero-order valence-corrected chi connectivity index (χ0v) is 14.7. The van der Waals surface area contributed by atoms with Crippen LogP contribution in [0.3, 0.4) is 0 Å². The number of amides is 2. The SMILES string of the molecule is Cn1cc(CNC(=O)c2c(NC(=O)C3CCCCC3)cnn2C)cn1. The summed E-state index contributed by atoms with van der Waals surface area (Å²) in [7, 11) is 3.51. The highest BCUT2D eigenvalue weighted by atomic mass is 16.2. The lowest BCUT2D eigenvalue weighted by Crippen LogP contribution is -2.29. The molecule has 2 N–H and O–H groups in total. The van der Waals surface area contributed by atoms with Gasteiger partial charge in [0.25, 0.3) is 5.91 Å². The van der Waals surface area contributed by atoms with Gasteiger partial charge in [0, 0.05) is 38.3 Å². The Balaban J connectivity index is 1.65. The van der Waals surface area contributed by atoms with E-state index in [1.165, 1.54) is 17.3 Å². The van der Waals surface area contributed by atoms with Gasteiger partial charge in [-0.2, -0.15) is 10.2 Å². The molecule has 2 aromatic rings. The molecule has 134 valence electrons. The molecule has 0 bridgehead atoms. The predicted octanol–water partition coefficient (Wildman–Crippen LogP) is 1.60. The molecule has 0 spiro atoms. The molecular weight excluding hydrogens is 320 g/mol. The first-order valence-electron chi connectivity index (χ1n) is 8.63. The predicted molar refractivity (Wildman–Crippen MR) is 92.8 cm³/mol. The van der Waals surface area contributed by atoms with E-state index < -0.39 is 0 Å². The first-order chi connectivity index (χ1) is 12.0. The fourth-order valence-electron chi connectivity index (χ4n) is 3.23. The van der Waals surface area contributed by atoms with Crippen molar-refractivity contribution in [2.75, 3.05) is 5.32 Å². The third kappa shape index (κ3) is 4.07. The average molecular weight is 344 g/mol. The van der Waals surface area contributed by atoms with Gasteiger partial charge >= 0.3 is 0 Å². The smallest absolute Gasteiger partial charge is 0.271 e. The number of aryl methyl sites for hydroxylation is 2. The Morgan fingerprint density at radius 1 is 1.16 bits per heavy atom. The van der Waals surface area contributed by atoms with Gasteiger partial charge in [0.2, 0.25) is 5.91 Å². The van der Waals surface area contributed by atoms with Gasteiger partial charge in [-0.1, -0.05) is 19.3 Å². The summed E-state index contributed by atoms with van der Waals surface area (Å²) < 4.78 is 3.16. The minimum atomic E-state index is -0.275. The molecular formula is C17H24N6O2. The highest BCUT2D eigenvalue weighted by molar-refractivity contribution is 6.02. The van der Waals surface area contributed by atoms with Gasteiger partial charge in [0.05, 0.1) is 18.1 Å². The first-order valence-corrected chi connectivity index (χ1v) is 8.63. The van der Waals surface area contributed by atoms with Crippen molar-refractivity contribution in [1.29, 1.82) is 0 Å². The van der Waals surface area contributed by atoms with Crippen molar-refractivity contribution >= 4 is 17.5 Å². The molecule has 2 heterocycles. The van der Waals surface area contributed by atoms with Crippen LogP contribution < -0.4 is 10.6 Å². The second kappa shape index (κ2) is 7.50. The molecule has 3 rings (SSSR count). The minimum Gasteiger partial charge on any atom is -0.346 e. The van der Waals surface area contributed by atoms with Crippen molar-refractivity contribution in [3.63, 3.8) is 0 Å². The molecule has 8 heteroatoms. The number of carbonyl (C=O) groups is 2. The number of nitrogens with zero attached hydrogens (tertiary/aromatic N) is 4. The number of nitrogens with one attached hydrogen (secondary N) is 2. The fourth-order valence-corrected chi connectivity index (χ4v) is 3.23. The van der Waals surface area contributed by atoms with Gasteiger partial charge in [0.15, 0.2) is 0 Å². The second-order valence-electron chi connectivity index (χ2n) is 6.56. The Kier molecular flexibility index (Phi) is 5.16. The summed E-state index contributed by atoms with van der Waals surface area (Å²) in [4.78, 5) is 25.0. The van der Waals surface area contributed by atoms with E-state index in [0.717, 1.165) is 31.2 Å². The lowest BCUT2D eigenvalue weighted by Gasteiger charge is -2.20. The van der Waals surface area contributed by atoms with Gasteiger partial charge in [-0.3, -0.25) is 19.0 Å². The largest absolute Gasteiger partial charge is 0.346 e. The number of hydrogen-bond acceptors (Lipinski definition) is 4. The molecule has 0 aliphatic heterocycles. The molecule has 1 saturated carbocycles. The highest BCUT2D eigenvalue weighted by Gasteiger charge is 2.24. The van der Waals surface area contributed by atoms with Crippen LogP contribution in [-0.4, -0.2) is 31.4 Å². The summed E-state index contributed by atoms with van der Waals surface area (Å²) in [6.45, 7) is 0.369. The molecule has 0 saturated heterocycles. The van der Waals surface area contributed by atoms with Crippen LogP contribution in [0.1, 0.15) is 48.2 Å². The Morgan fingerprint density at radius 2 is 1.92 bits per heavy atom. The average Bonchev–Trinajstić information content (AvgIpc) is 3.19. The summed E-state index contributed by atoms with van der Waals surface area (Å²) in [5, 5.41) is 13.9. The maximum Gasteiger partial charge on any atom is 0.271 e. The van der Waals surface area contributed by atoms with Gasteiger partial charge < -0.3 is 10.6 Å². The van der Waals surface area contributed by atoms with Crippen molar-refractivity contribution < 1.29 is 9.59 Å². The van der Waals surface area contributed by atoms with Gasteiger partial charge in [-0.15, -0.1) is 0 Å². The third-order valence-electron chi connectivity index (χ3n) is 4.60. The van der Waals surface area contributed by atoms with E-state index in [1.807, 2.05) is 13.2 Å². The molecule has 25 heavy (non-hydrogen) atoms. The van der Waals surface area contributed by atoms with E-state index >= 15 is 0 Å². The summed E-state index contributed by atoms with van der Waals surface area (Å²) in [6, 6.07) is 0. The summed E-state index contributed by atoms with van der Waals surface area (Å²) in [5.41, 5.74) is 1.72. The van der Waals surface area contributed by atoms with Crippen LogP contribution in [-0.2, 0) is 25.4 Å². The van der Waals surface area contributed by atoms with Crippen LogP contribution in [0, 0.1) is 5.92 Å². The third-order valence-corrected chi connectivity index (χ3v) is 4.60. The molecule has 0 atom stereocenters. The molecule has 8 nitrogen and oxygen atoms in total. The van der Waals surface area contributed by atoms with Gasteiger partial charge in [-0.25, -0.2) is 0 Å². The van der Waals surface area contributed by atoms with Gasteiger partial charge in [-0.05, 0) is 12.8 Å². The molecule has 0 unspecified atom stereocenters. The van der Waals surface area contributed by atoms with Crippen LogP contribution in [0.5, 0.6) is 0 Å². The standard InChI is InChI=1S/C17H24N6O2/c1-22-11-12(9-19-22)8-18-17(25)15-14(10-20-23(15)2)21-16(24)13-6-4-3-5-7-13/h9-11,13H,3-8H2,1-2H3,(H,18,25)(H,21,24). The van der Waals surface area contributed by atoms with Crippen LogP contribution >= 0.6 is 0 Å². The Labute approximate surface area is 146 Å². The van der Waals surface area contributed by atoms with E-state index in [9.17, 15) is 9.59 Å². The molecule has 1 fully saturated rings. The number of anilines is 1. The van der Waals surface area contributed by atoms with Crippen LogP contribution in [0.25, 0.3) is 0 Å². The van der Waals surface area contributed by atoms with Crippen molar-refractivity contribution in [3.05, 3.63) is 29.8 Å². The molecule has 1 aliphatic rings. The van der Waals surface area contributed by atoms with Gasteiger partial charge in [0.1, 0.15) is 5.69 Å². The zero-order valence-electron chi connectivity index (χ0n) is 14.7. The first kappa shape index (κ1) is 17.2. The maximum atomic E-state index is 12.5. The topological polar surface area (TPSA) is 93.8 Å². The lowest BCUT2D eigenvalue weighted by molar-refractivity contribution is -0.120. The quantitative estimate of drug-likeness (QED) is 0.861. The van der Waals surface area contributed by atoms with Crippen LogP contribution in [0.15, 0.2) is 18.6 Å². The number of carbonyl (C=O) groups excluding carboxylic acids is 2. The van der Waals surface area contributed by atoms with E-state index in [1.54, 1.807) is 17.9 Å². The number of rotatable bonds is 5. The molecule has 0 radical (unpaired) electrons. The summed E-state index contributed by atoms with van der Waals surface area (Å²) in [6.07, 6.45) is 10.3. The van der Waals surface area contributed by atoms with Crippen LogP contribution in [0.4, 0.5) is 5.69 Å². The monoisotopic (exact) mass is 344 g/mol. The highest BCUT2D eigenvalue weighted by Crippen LogP contribution is 2.25. The lowest BCUT2D eigenvalue weighted by atomic mass is 9.88. The zero-order chi connectivity index (χ0) is 17.8. The summed E-state index contributed by atoms with van der Waals surface area (Å²) in [5.74, 6) is -0.267. The van der Waals surface area contributed by atoms with E-state index in [2.05, 4.69) is 20.8 Å². The summed E-state index contributed by atoms with van der Waals surface area (Å²) >= 11 is 0. The molecule has 0 aromatic carbocycles. The van der Waals surface area contributed by atoms with E-state index in [-0.39, 0.29) is 17.7 Å². The number of aromatic nitrogens is 4.